The van der Waals surface area contributed by atoms with Crippen molar-refractivity contribution in [3.05, 3.63) is 84.4 Å². The fourth-order valence-electron chi connectivity index (χ4n) is 3.07. The molecule has 0 fully saturated rings. The zero-order chi connectivity index (χ0) is 20.9. The van der Waals surface area contributed by atoms with Crippen LogP contribution in [0.5, 0.6) is 0 Å². The predicted octanol–water partition coefficient (Wildman–Crippen LogP) is 4.64. The molecule has 0 spiro atoms. The van der Waals surface area contributed by atoms with Crippen molar-refractivity contribution < 1.29 is 13.2 Å². The minimum absolute atomic E-state index is 0.214. The maximum absolute atomic E-state index is 12.5. The highest BCUT2D eigenvalue weighted by atomic mass is 32.2. The predicted molar refractivity (Wildman–Crippen MR) is 116 cm³/mol. The number of hydrogen-bond donors (Lipinski definition) is 1. The van der Waals surface area contributed by atoms with Crippen molar-refractivity contribution in [2.45, 2.75) is 18.7 Å². The van der Waals surface area contributed by atoms with Crippen LogP contribution < -0.4 is 5.32 Å². The van der Waals surface area contributed by atoms with Crippen molar-refractivity contribution in [2.24, 2.45) is 0 Å². The topological polar surface area (TPSA) is 66.5 Å². The van der Waals surface area contributed by atoms with Gasteiger partial charge in [-0.2, -0.15) is 4.31 Å². The Kier molecular flexibility index (Phi) is 6.46. The molecule has 150 valence electrons. The van der Waals surface area contributed by atoms with Gasteiger partial charge >= 0.3 is 0 Å². The molecule has 0 heterocycles. The quantitative estimate of drug-likeness (QED) is 0.619. The maximum Gasteiger partial charge on any atom is 0.255 e. The Morgan fingerprint density at radius 1 is 0.793 bits per heavy atom. The van der Waals surface area contributed by atoms with E-state index >= 15 is 0 Å². The standard InChI is InChI=1S/C23H24N2O3S/c1-3-25(4-2)29(27,28)22-16-14-21(15-17-22)24-23(26)20-12-10-19(11-13-20)18-8-6-5-7-9-18/h5-17H,3-4H2,1-2H3,(H,24,26). The molecular formula is C23H24N2O3S. The number of benzene rings is 3. The van der Waals surface area contributed by atoms with E-state index in [0.717, 1.165) is 11.1 Å². The van der Waals surface area contributed by atoms with Crippen LogP contribution in [0, 0.1) is 0 Å². The Morgan fingerprint density at radius 3 is 1.90 bits per heavy atom. The van der Waals surface area contributed by atoms with E-state index < -0.39 is 10.0 Å². The average molecular weight is 409 g/mol. The number of amides is 1. The van der Waals surface area contributed by atoms with Crippen LogP contribution >= 0.6 is 0 Å². The molecule has 3 aromatic carbocycles. The van der Waals surface area contributed by atoms with Gasteiger partial charge in [-0.15, -0.1) is 0 Å². The van der Waals surface area contributed by atoms with Gasteiger partial charge < -0.3 is 5.32 Å². The van der Waals surface area contributed by atoms with E-state index in [1.807, 2.05) is 42.5 Å². The van der Waals surface area contributed by atoms with Crippen LogP contribution in [0.15, 0.2) is 83.8 Å². The van der Waals surface area contributed by atoms with Crippen molar-refractivity contribution >= 4 is 21.6 Å². The molecule has 0 saturated carbocycles. The van der Waals surface area contributed by atoms with Crippen molar-refractivity contribution in [3.8, 4) is 11.1 Å². The van der Waals surface area contributed by atoms with E-state index in [1.54, 1.807) is 38.1 Å². The Hall–Kier alpha value is -2.96. The number of hydrogen-bond acceptors (Lipinski definition) is 3. The molecule has 0 bridgehead atoms. The lowest BCUT2D eigenvalue weighted by Gasteiger charge is -2.18. The molecule has 0 aliphatic carbocycles. The first kappa shape index (κ1) is 20.8. The largest absolute Gasteiger partial charge is 0.322 e. The van der Waals surface area contributed by atoms with Crippen LogP contribution in [0.2, 0.25) is 0 Å². The second-order valence-corrected chi connectivity index (χ2v) is 8.45. The highest BCUT2D eigenvalue weighted by molar-refractivity contribution is 7.89. The summed E-state index contributed by atoms with van der Waals surface area (Å²) in [6.07, 6.45) is 0. The van der Waals surface area contributed by atoms with Crippen molar-refractivity contribution in [2.75, 3.05) is 18.4 Å². The van der Waals surface area contributed by atoms with Gasteiger partial charge in [0, 0.05) is 24.3 Å². The van der Waals surface area contributed by atoms with Gasteiger partial charge in [0.15, 0.2) is 0 Å². The normalized spacial score (nSPS) is 11.4. The number of carbonyl (C=O) groups is 1. The highest BCUT2D eigenvalue weighted by Gasteiger charge is 2.21. The van der Waals surface area contributed by atoms with Gasteiger partial charge in [0.2, 0.25) is 10.0 Å². The fourth-order valence-corrected chi connectivity index (χ4v) is 4.53. The van der Waals surface area contributed by atoms with E-state index in [0.29, 0.717) is 24.3 Å². The molecule has 3 rings (SSSR count). The van der Waals surface area contributed by atoms with Gasteiger partial charge in [0.05, 0.1) is 4.90 Å². The van der Waals surface area contributed by atoms with Gasteiger partial charge in [-0.25, -0.2) is 8.42 Å². The SMILES string of the molecule is CCN(CC)S(=O)(=O)c1ccc(NC(=O)c2ccc(-c3ccccc3)cc2)cc1. The van der Waals surface area contributed by atoms with Crippen LogP contribution in [0.4, 0.5) is 5.69 Å². The Labute approximate surface area is 172 Å². The van der Waals surface area contributed by atoms with Gasteiger partial charge in [-0.05, 0) is 47.5 Å². The van der Waals surface area contributed by atoms with E-state index in [1.165, 1.54) is 16.4 Å². The lowest BCUT2D eigenvalue weighted by Crippen LogP contribution is -2.30. The lowest BCUT2D eigenvalue weighted by atomic mass is 10.0. The second-order valence-electron chi connectivity index (χ2n) is 6.51. The molecule has 0 aromatic heterocycles. The number of nitrogens with zero attached hydrogens (tertiary/aromatic N) is 1. The first-order valence-electron chi connectivity index (χ1n) is 9.52. The molecular weight excluding hydrogens is 384 g/mol. The summed E-state index contributed by atoms with van der Waals surface area (Å²) in [4.78, 5) is 12.7. The molecule has 5 nitrogen and oxygen atoms in total. The first-order valence-corrected chi connectivity index (χ1v) is 11.0. The fraction of sp³-hybridized carbons (Fsp3) is 0.174. The van der Waals surface area contributed by atoms with E-state index in [2.05, 4.69) is 5.32 Å². The summed E-state index contributed by atoms with van der Waals surface area (Å²) >= 11 is 0. The Bertz CT molecular complexity index is 1060. The number of nitrogens with one attached hydrogen (secondary N) is 1. The molecule has 1 amide bonds. The first-order chi connectivity index (χ1) is 14.0. The van der Waals surface area contributed by atoms with Gasteiger partial charge in [-0.1, -0.05) is 56.3 Å². The minimum atomic E-state index is -3.51. The van der Waals surface area contributed by atoms with Crippen LogP contribution in [-0.2, 0) is 10.0 Å². The molecule has 0 aliphatic rings. The van der Waals surface area contributed by atoms with E-state index in [9.17, 15) is 13.2 Å². The van der Waals surface area contributed by atoms with Crippen molar-refractivity contribution in [1.29, 1.82) is 0 Å². The van der Waals surface area contributed by atoms with Crippen LogP contribution in [0.1, 0.15) is 24.2 Å². The number of carbonyl (C=O) groups excluding carboxylic acids is 1. The summed E-state index contributed by atoms with van der Waals surface area (Å²) < 4.78 is 26.5. The van der Waals surface area contributed by atoms with Gasteiger partial charge in [0.1, 0.15) is 0 Å². The summed E-state index contributed by atoms with van der Waals surface area (Å²) in [5.41, 5.74) is 3.20. The summed E-state index contributed by atoms with van der Waals surface area (Å²) in [6, 6.07) is 23.5. The van der Waals surface area contributed by atoms with Gasteiger partial charge in [-0.3, -0.25) is 4.79 Å². The summed E-state index contributed by atoms with van der Waals surface area (Å²) in [7, 11) is -3.51. The zero-order valence-corrected chi connectivity index (χ0v) is 17.3. The molecule has 6 heteroatoms. The third kappa shape index (κ3) is 4.72. The third-order valence-electron chi connectivity index (χ3n) is 4.71. The molecule has 29 heavy (non-hydrogen) atoms. The molecule has 0 aliphatic heterocycles. The average Bonchev–Trinajstić information content (AvgIpc) is 2.75. The molecule has 3 aromatic rings. The Morgan fingerprint density at radius 2 is 1.34 bits per heavy atom. The smallest absolute Gasteiger partial charge is 0.255 e. The third-order valence-corrected chi connectivity index (χ3v) is 6.77. The summed E-state index contributed by atoms with van der Waals surface area (Å²) in [5, 5.41) is 2.81. The zero-order valence-electron chi connectivity index (χ0n) is 16.5. The monoisotopic (exact) mass is 408 g/mol. The Balaban J connectivity index is 1.71. The summed E-state index contributed by atoms with van der Waals surface area (Å²) in [5.74, 6) is -0.246. The molecule has 0 radical (unpaired) electrons. The van der Waals surface area contributed by atoms with Crippen LogP contribution in [-0.4, -0.2) is 31.7 Å². The van der Waals surface area contributed by atoms with Gasteiger partial charge in [0.25, 0.3) is 5.91 Å². The molecule has 0 saturated heterocycles. The van der Waals surface area contributed by atoms with Crippen LogP contribution in [0.25, 0.3) is 11.1 Å². The molecule has 0 unspecified atom stereocenters. The lowest BCUT2D eigenvalue weighted by molar-refractivity contribution is 0.102. The number of anilines is 1. The highest BCUT2D eigenvalue weighted by Crippen LogP contribution is 2.21. The van der Waals surface area contributed by atoms with Crippen molar-refractivity contribution in [3.63, 3.8) is 0 Å². The maximum atomic E-state index is 12.5. The summed E-state index contributed by atoms with van der Waals surface area (Å²) in [6.45, 7) is 4.43. The van der Waals surface area contributed by atoms with E-state index in [4.69, 9.17) is 0 Å². The second kappa shape index (κ2) is 9.03. The number of rotatable bonds is 7. The number of sulfonamides is 1. The minimum Gasteiger partial charge on any atom is -0.322 e. The molecule has 0 atom stereocenters. The van der Waals surface area contributed by atoms with Crippen LogP contribution in [0.3, 0.4) is 0 Å². The molecule has 1 N–H and O–H groups in total. The van der Waals surface area contributed by atoms with E-state index in [-0.39, 0.29) is 10.8 Å². The van der Waals surface area contributed by atoms with Crippen molar-refractivity contribution in [1.82, 2.24) is 4.31 Å².